The zero-order valence-corrected chi connectivity index (χ0v) is 10.8. The first-order chi connectivity index (χ1) is 9.72. The molecule has 4 heteroatoms. The average molecular weight is 262 g/mol. The van der Waals surface area contributed by atoms with Gasteiger partial charge in [0.15, 0.2) is 0 Å². The van der Waals surface area contributed by atoms with Gasteiger partial charge in [0.2, 0.25) is 0 Å². The van der Waals surface area contributed by atoms with E-state index in [2.05, 4.69) is 11.1 Å². The van der Waals surface area contributed by atoms with Crippen LogP contribution in [0.5, 0.6) is 0 Å². The van der Waals surface area contributed by atoms with Gasteiger partial charge in [-0.15, -0.1) is 0 Å². The predicted molar refractivity (Wildman–Crippen MR) is 82.4 cm³/mol. The molecule has 2 aromatic carbocycles. The number of hydrogen-bond acceptors (Lipinski definition) is 2. The molecule has 3 aromatic rings. The lowest BCUT2D eigenvalue weighted by Gasteiger charge is -2.03. The molecule has 1 heterocycles. The summed E-state index contributed by atoms with van der Waals surface area (Å²) in [5.41, 5.74) is 7.36. The zero-order valence-electron chi connectivity index (χ0n) is 10.8. The van der Waals surface area contributed by atoms with E-state index < -0.39 is 0 Å². The van der Waals surface area contributed by atoms with Crippen LogP contribution in [0.15, 0.2) is 55.1 Å². The normalized spacial score (nSPS) is 11.2. The first-order valence-electron chi connectivity index (χ1n) is 6.26. The third kappa shape index (κ3) is 2.44. The number of nitrogens with one attached hydrogen (secondary N) is 1. The van der Waals surface area contributed by atoms with E-state index in [1.54, 1.807) is 12.5 Å². The molecule has 0 aliphatic rings. The van der Waals surface area contributed by atoms with Crippen molar-refractivity contribution in [2.45, 2.75) is 0 Å². The molecule has 4 nitrogen and oxygen atoms in total. The SMILES string of the molecule is N=C(N)c1ccc2cc(/C=C/n3ccnc3)ccc2c1. The highest BCUT2D eigenvalue weighted by Gasteiger charge is 1.99. The predicted octanol–water partition coefficient (Wildman–Crippen LogP) is 2.95. The van der Waals surface area contributed by atoms with E-state index in [1.807, 2.05) is 53.4 Å². The number of nitrogen functional groups attached to an aromatic ring is 1. The molecule has 1 aromatic heterocycles. The van der Waals surface area contributed by atoms with Gasteiger partial charge >= 0.3 is 0 Å². The van der Waals surface area contributed by atoms with E-state index in [0.717, 1.165) is 21.9 Å². The average Bonchev–Trinajstić information content (AvgIpc) is 2.97. The maximum Gasteiger partial charge on any atom is 0.122 e. The Labute approximate surface area is 116 Å². The van der Waals surface area contributed by atoms with Gasteiger partial charge in [-0.3, -0.25) is 5.41 Å². The number of hydrogen-bond donors (Lipinski definition) is 2. The smallest absolute Gasteiger partial charge is 0.122 e. The fraction of sp³-hybridized carbons (Fsp3) is 0. The van der Waals surface area contributed by atoms with Crippen molar-refractivity contribution in [3.05, 3.63) is 66.2 Å². The van der Waals surface area contributed by atoms with Crippen LogP contribution in [-0.2, 0) is 0 Å². The number of nitrogens with zero attached hydrogens (tertiary/aromatic N) is 2. The fourth-order valence-corrected chi connectivity index (χ4v) is 2.07. The second-order valence-electron chi connectivity index (χ2n) is 4.56. The van der Waals surface area contributed by atoms with Crippen LogP contribution in [0.4, 0.5) is 0 Å². The van der Waals surface area contributed by atoms with E-state index in [-0.39, 0.29) is 5.84 Å². The Hall–Kier alpha value is -2.88. The van der Waals surface area contributed by atoms with Crippen LogP contribution in [0, 0.1) is 5.41 Å². The Bertz CT molecular complexity index is 785. The summed E-state index contributed by atoms with van der Waals surface area (Å²) in [6.45, 7) is 0. The van der Waals surface area contributed by atoms with Crippen molar-refractivity contribution in [3.63, 3.8) is 0 Å². The summed E-state index contributed by atoms with van der Waals surface area (Å²) in [7, 11) is 0. The zero-order chi connectivity index (χ0) is 13.9. The highest BCUT2D eigenvalue weighted by molar-refractivity contribution is 5.99. The van der Waals surface area contributed by atoms with E-state index in [9.17, 15) is 0 Å². The summed E-state index contributed by atoms with van der Waals surface area (Å²) in [5, 5.41) is 9.67. The van der Waals surface area contributed by atoms with Crippen LogP contribution in [0.3, 0.4) is 0 Å². The molecule has 3 rings (SSSR count). The van der Waals surface area contributed by atoms with Crippen LogP contribution in [0.2, 0.25) is 0 Å². The topological polar surface area (TPSA) is 67.7 Å². The number of imidazole rings is 1. The summed E-state index contributed by atoms with van der Waals surface area (Å²) >= 11 is 0. The number of nitrogens with two attached hydrogens (primary N) is 1. The largest absolute Gasteiger partial charge is 0.384 e. The summed E-state index contributed by atoms with van der Waals surface area (Å²) in [6, 6.07) is 12.0. The van der Waals surface area contributed by atoms with Gasteiger partial charge in [0, 0.05) is 24.2 Å². The van der Waals surface area contributed by atoms with Crippen molar-refractivity contribution in [2.75, 3.05) is 0 Å². The molecule has 3 N–H and O–H groups in total. The van der Waals surface area contributed by atoms with Gasteiger partial charge in [-0.05, 0) is 34.5 Å². The van der Waals surface area contributed by atoms with Crippen molar-refractivity contribution < 1.29 is 0 Å². The van der Waals surface area contributed by atoms with Crippen LogP contribution >= 0.6 is 0 Å². The molecule has 0 aliphatic heterocycles. The van der Waals surface area contributed by atoms with Crippen molar-refractivity contribution in [3.8, 4) is 0 Å². The minimum Gasteiger partial charge on any atom is -0.384 e. The van der Waals surface area contributed by atoms with Gasteiger partial charge in [-0.1, -0.05) is 24.3 Å². The molecule has 0 unspecified atom stereocenters. The molecule has 0 amide bonds. The number of aromatic nitrogens is 2. The number of benzene rings is 2. The molecule has 20 heavy (non-hydrogen) atoms. The Kier molecular flexibility index (Phi) is 3.05. The first-order valence-corrected chi connectivity index (χ1v) is 6.26. The Morgan fingerprint density at radius 2 is 1.95 bits per heavy atom. The highest BCUT2D eigenvalue weighted by Crippen LogP contribution is 2.18. The molecule has 0 saturated heterocycles. The van der Waals surface area contributed by atoms with E-state index in [1.165, 1.54) is 0 Å². The summed E-state index contributed by atoms with van der Waals surface area (Å²) in [4.78, 5) is 3.99. The molecular formula is C16H14N4. The molecule has 0 spiro atoms. The number of amidine groups is 1. The quantitative estimate of drug-likeness (QED) is 0.563. The summed E-state index contributed by atoms with van der Waals surface area (Å²) < 4.78 is 1.89. The standard InChI is InChI=1S/C16H14N4/c17-16(18)15-4-3-13-9-12(1-2-14(13)10-15)5-7-20-8-6-19-11-20/h1-11H,(H3,17,18)/b7-5+. The lowest BCUT2D eigenvalue weighted by molar-refractivity contribution is 1.14. The van der Waals surface area contributed by atoms with Crippen molar-refractivity contribution in [1.82, 2.24) is 9.55 Å². The summed E-state index contributed by atoms with van der Waals surface area (Å²) in [6.07, 6.45) is 9.36. The number of fused-ring (bicyclic) bond motifs is 1. The molecular weight excluding hydrogens is 248 g/mol. The second kappa shape index (κ2) is 5.01. The van der Waals surface area contributed by atoms with Crippen molar-refractivity contribution >= 4 is 28.9 Å². The van der Waals surface area contributed by atoms with Crippen LogP contribution in [0.25, 0.3) is 23.0 Å². The van der Waals surface area contributed by atoms with Gasteiger partial charge in [-0.2, -0.15) is 0 Å². The second-order valence-corrected chi connectivity index (χ2v) is 4.56. The van der Waals surface area contributed by atoms with E-state index >= 15 is 0 Å². The highest BCUT2D eigenvalue weighted by atomic mass is 15.0. The van der Waals surface area contributed by atoms with Crippen molar-refractivity contribution in [2.24, 2.45) is 5.73 Å². The first kappa shape index (κ1) is 12.2. The molecule has 0 bridgehead atoms. The van der Waals surface area contributed by atoms with Gasteiger partial charge < -0.3 is 10.3 Å². The maximum atomic E-state index is 7.46. The van der Waals surface area contributed by atoms with Crippen LogP contribution in [-0.4, -0.2) is 15.4 Å². The van der Waals surface area contributed by atoms with Gasteiger partial charge in [-0.25, -0.2) is 4.98 Å². The van der Waals surface area contributed by atoms with Crippen LogP contribution in [0.1, 0.15) is 11.1 Å². The van der Waals surface area contributed by atoms with E-state index in [0.29, 0.717) is 0 Å². The molecule has 0 fully saturated rings. The molecule has 0 aliphatic carbocycles. The molecule has 0 saturated carbocycles. The van der Waals surface area contributed by atoms with Crippen molar-refractivity contribution in [1.29, 1.82) is 5.41 Å². The van der Waals surface area contributed by atoms with E-state index in [4.69, 9.17) is 11.1 Å². The fourth-order valence-electron chi connectivity index (χ4n) is 2.07. The summed E-state index contributed by atoms with van der Waals surface area (Å²) in [5.74, 6) is 0.0935. The van der Waals surface area contributed by atoms with Crippen LogP contribution < -0.4 is 5.73 Å². The van der Waals surface area contributed by atoms with Gasteiger partial charge in [0.05, 0.1) is 6.33 Å². The third-order valence-corrected chi connectivity index (χ3v) is 3.14. The van der Waals surface area contributed by atoms with Gasteiger partial charge in [0.1, 0.15) is 5.84 Å². The van der Waals surface area contributed by atoms with Gasteiger partial charge in [0.25, 0.3) is 0 Å². The minimum atomic E-state index is 0.0935. The lowest BCUT2D eigenvalue weighted by atomic mass is 10.0. The number of rotatable bonds is 3. The minimum absolute atomic E-state index is 0.0935. The Morgan fingerprint density at radius 3 is 2.70 bits per heavy atom. The third-order valence-electron chi connectivity index (χ3n) is 3.14. The maximum absolute atomic E-state index is 7.46. The Morgan fingerprint density at radius 1 is 1.15 bits per heavy atom. The molecule has 0 radical (unpaired) electrons. The monoisotopic (exact) mass is 262 g/mol. The molecule has 98 valence electrons. The lowest BCUT2D eigenvalue weighted by Crippen LogP contribution is -2.10. The Balaban J connectivity index is 1.95. The molecule has 0 atom stereocenters.